The zero-order valence-corrected chi connectivity index (χ0v) is 16.4. The molecule has 6 heteroatoms. The molecule has 1 aliphatic heterocycles. The molecule has 5 nitrogen and oxygen atoms in total. The standard InChI is InChI=1S/C23H17N3O2S/c24-10-18-12-26-23(29-15-16-4-2-1-3-5-16)21(11-25)22(18)17-6-8-19(9-7-17)28-20-13-27-14-20/h1-9,12,20H,13-15H2. The molecule has 0 radical (unpaired) electrons. The van der Waals surface area contributed by atoms with Crippen LogP contribution in [0, 0.1) is 22.7 Å². The van der Waals surface area contributed by atoms with Crippen molar-refractivity contribution >= 4 is 11.8 Å². The van der Waals surface area contributed by atoms with Crippen LogP contribution in [0.3, 0.4) is 0 Å². The Balaban J connectivity index is 1.64. The molecule has 2 aromatic carbocycles. The highest BCUT2D eigenvalue weighted by Gasteiger charge is 2.21. The average Bonchev–Trinajstić information content (AvgIpc) is 2.75. The van der Waals surface area contributed by atoms with Gasteiger partial charge in [-0.3, -0.25) is 0 Å². The smallest absolute Gasteiger partial charge is 0.145 e. The van der Waals surface area contributed by atoms with E-state index in [1.165, 1.54) is 11.8 Å². The van der Waals surface area contributed by atoms with Gasteiger partial charge in [0.05, 0.1) is 24.3 Å². The Hall–Kier alpha value is -3.32. The molecular formula is C23H17N3O2S. The molecular weight excluding hydrogens is 382 g/mol. The zero-order valence-electron chi connectivity index (χ0n) is 15.5. The first-order valence-corrected chi connectivity index (χ1v) is 10.1. The molecule has 0 amide bonds. The van der Waals surface area contributed by atoms with Gasteiger partial charge in [-0.05, 0) is 23.3 Å². The zero-order chi connectivity index (χ0) is 20.1. The highest BCUT2D eigenvalue weighted by Crippen LogP contribution is 2.34. The molecule has 1 aliphatic rings. The van der Waals surface area contributed by atoms with Gasteiger partial charge in [-0.25, -0.2) is 4.98 Å². The summed E-state index contributed by atoms with van der Waals surface area (Å²) in [4.78, 5) is 4.38. The molecule has 142 valence electrons. The molecule has 1 saturated heterocycles. The first kappa shape index (κ1) is 19.0. The molecule has 1 fully saturated rings. The number of nitrogens with zero attached hydrogens (tertiary/aromatic N) is 3. The van der Waals surface area contributed by atoms with Crippen molar-refractivity contribution in [2.45, 2.75) is 16.9 Å². The van der Waals surface area contributed by atoms with Crippen molar-refractivity contribution in [3.05, 3.63) is 77.5 Å². The molecule has 0 saturated carbocycles. The van der Waals surface area contributed by atoms with Crippen molar-refractivity contribution in [1.29, 1.82) is 10.5 Å². The van der Waals surface area contributed by atoms with E-state index in [4.69, 9.17) is 9.47 Å². The molecule has 1 aromatic heterocycles. The minimum Gasteiger partial charge on any atom is -0.486 e. The summed E-state index contributed by atoms with van der Waals surface area (Å²) < 4.78 is 10.9. The molecule has 3 aromatic rings. The summed E-state index contributed by atoms with van der Waals surface area (Å²) in [7, 11) is 0. The van der Waals surface area contributed by atoms with Crippen molar-refractivity contribution in [2.75, 3.05) is 13.2 Å². The van der Waals surface area contributed by atoms with Crippen LogP contribution in [0.2, 0.25) is 0 Å². The predicted molar refractivity (Wildman–Crippen MR) is 110 cm³/mol. The number of pyridine rings is 1. The topological polar surface area (TPSA) is 78.9 Å². The number of nitriles is 2. The first-order chi connectivity index (χ1) is 14.3. The third-order valence-electron chi connectivity index (χ3n) is 4.55. The van der Waals surface area contributed by atoms with Crippen LogP contribution in [-0.2, 0) is 10.5 Å². The third-order valence-corrected chi connectivity index (χ3v) is 5.61. The second kappa shape index (κ2) is 8.79. The predicted octanol–water partition coefficient (Wildman–Crippen LogP) is 4.56. The maximum Gasteiger partial charge on any atom is 0.145 e. The van der Waals surface area contributed by atoms with Gasteiger partial charge < -0.3 is 9.47 Å². The Bertz CT molecular complexity index is 1080. The van der Waals surface area contributed by atoms with Crippen LogP contribution in [-0.4, -0.2) is 24.3 Å². The lowest BCUT2D eigenvalue weighted by Gasteiger charge is -2.26. The molecule has 2 heterocycles. The van der Waals surface area contributed by atoms with Gasteiger partial charge in [0, 0.05) is 17.5 Å². The van der Waals surface area contributed by atoms with E-state index in [-0.39, 0.29) is 6.10 Å². The number of hydrogen-bond donors (Lipinski definition) is 0. The summed E-state index contributed by atoms with van der Waals surface area (Å²) in [5.74, 6) is 1.44. The van der Waals surface area contributed by atoms with Crippen molar-refractivity contribution < 1.29 is 9.47 Å². The number of ether oxygens (including phenoxy) is 2. The molecule has 0 spiro atoms. The van der Waals surface area contributed by atoms with Crippen LogP contribution in [0.25, 0.3) is 11.1 Å². The van der Waals surface area contributed by atoms with Crippen LogP contribution >= 0.6 is 11.8 Å². The monoisotopic (exact) mass is 399 g/mol. The van der Waals surface area contributed by atoms with Crippen LogP contribution in [0.1, 0.15) is 16.7 Å². The molecule has 0 atom stereocenters. The van der Waals surface area contributed by atoms with E-state index in [2.05, 4.69) is 17.1 Å². The Morgan fingerprint density at radius 2 is 1.79 bits per heavy atom. The number of rotatable bonds is 6. The number of hydrogen-bond acceptors (Lipinski definition) is 6. The highest BCUT2D eigenvalue weighted by atomic mass is 32.2. The fourth-order valence-electron chi connectivity index (χ4n) is 2.99. The van der Waals surface area contributed by atoms with E-state index in [1.54, 1.807) is 6.20 Å². The lowest BCUT2D eigenvalue weighted by molar-refractivity contribution is -0.0796. The average molecular weight is 399 g/mol. The van der Waals surface area contributed by atoms with Gasteiger partial charge in [0.2, 0.25) is 0 Å². The van der Waals surface area contributed by atoms with Gasteiger partial charge in [0.25, 0.3) is 0 Å². The normalized spacial score (nSPS) is 13.2. The van der Waals surface area contributed by atoms with Crippen molar-refractivity contribution in [2.24, 2.45) is 0 Å². The summed E-state index contributed by atoms with van der Waals surface area (Å²) in [6, 6.07) is 21.9. The number of aromatic nitrogens is 1. The minimum absolute atomic E-state index is 0.0899. The summed E-state index contributed by atoms with van der Waals surface area (Å²) in [5.41, 5.74) is 3.35. The van der Waals surface area contributed by atoms with Gasteiger partial charge in [0.1, 0.15) is 29.0 Å². The lowest BCUT2D eigenvalue weighted by atomic mass is 9.97. The molecule has 29 heavy (non-hydrogen) atoms. The van der Waals surface area contributed by atoms with Gasteiger partial charge in [0.15, 0.2) is 0 Å². The second-order valence-electron chi connectivity index (χ2n) is 6.53. The highest BCUT2D eigenvalue weighted by molar-refractivity contribution is 7.98. The second-order valence-corrected chi connectivity index (χ2v) is 7.49. The SMILES string of the molecule is N#Cc1cnc(SCc2ccccc2)c(C#N)c1-c1ccc(OC2COC2)cc1. The Morgan fingerprint density at radius 3 is 2.41 bits per heavy atom. The van der Waals surface area contributed by atoms with E-state index in [0.29, 0.717) is 40.7 Å². The molecule has 0 bridgehead atoms. The summed E-state index contributed by atoms with van der Waals surface area (Å²) in [5, 5.41) is 20.0. The van der Waals surface area contributed by atoms with Crippen molar-refractivity contribution in [1.82, 2.24) is 4.98 Å². The van der Waals surface area contributed by atoms with Crippen molar-refractivity contribution in [3.63, 3.8) is 0 Å². The Kier molecular flexibility index (Phi) is 5.76. The third kappa shape index (κ3) is 4.25. The molecule has 0 aliphatic carbocycles. The fourth-order valence-corrected chi connectivity index (χ4v) is 3.91. The minimum atomic E-state index is 0.0899. The van der Waals surface area contributed by atoms with Gasteiger partial charge in [-0.1, -0.05) is 42.5 Å². The quantitative estimate of drug-likeness (QED) is 0.565. The van der Waals surface area contributed by atoms with Crippen LogP contribution in [0.4, 0.5) is 0 Å². The van der Waals surface area contributed by atoms with Gasteiger partial charge >= 0.3 is 0 Å². The summed E-state index contributed by atoms with van der Waals surface area (Å²) in [6.07, 6.45) is 1.63. The Morgan fingerprint density at radius 1 is 1.03 bits per heavy atom. The maximum atomic E-state index is 9.84. The number of benzene rings is 2. The van der Waals surface area contributed by atoms with E-state index < -0.39 is 0 Å². The maximum absolute atomic E-state index is 9.84. The van der Waals surface area contributed by atoms with E-state index in [1.807, 2.05) is 54.6 Å². The molecule has 4 rings (SSSR count). The van der Waals surface area contributed by atoms with Crippen LogP contribution in [0.5, 0.6) is 5.75 Å². The molecule has 0 N–H and O–H groups in total. The van der Waals surface area contributed by atoms with Crippen molar-refractivity contribution in [3.8, 4) is 29.0 Å². The largest absolute Gasteiger partial charge is 0.486 e. The van der Waals surface area contributed by atoms with Gasteiger partial charge in [-0.2, -0.15) is 10.5 Å². The van der Waals surface area contributed by atoms with Gasteiger partial charge in [-0.15, -0.1) is 11.8 Å². The van der Waals surface area contributed by atoms with Crippen LogP contribution in [0.15, 0.2) is 65.8 Å². The summed E-state index contributed by atoms with van der Waals surface area (Å²) >= 11 is 1.49. The first-order valence-electron chi connectivity index (χ1n) is 9.13. The van der Waals surface area contributed by atoms with Crippen LogP contribution < -0.4 is 4.74 Å². The lowest BCUT2D eigenvalue weighted by Crippen LogP contribution is -2.38. The van der Waals surface area contributed by atoms with E-state index in [0.717, 1.165) is 16.9 Å². The molecule has 0 unspecified atom stereocenters. The summed E-state index contributed by atoms with van der Waals surface area (Å²) in [6.45, 7) is 1.20. The Labute approximate surface area is 173 Å². The fraction of sp³-hybridized carbons (Fsp3) is 0.174. The van der Waals surface area contributed by atoms with E-state index in [9.17, 15) is 10.5 Å². The number of thioether (sulfide) groups is 1. The van der Waals surface area contributed by atoms with E-state index >= 15 is 0 Å².